The summed E-state index contributed by atoms with van der Waals surface area (Å²) in [6.07, 6.45) is 27.3. The second kappa shape index (κ2) is 17.9. The molecule has 0 fully saturated rings. The minimum atomic E-state index is -0.473. The third-order valence-electron chi connectivity index (χ3n) is 4.57. The molecule has 0 unspecified atom stereocenters. The van der Waals surface area contributed by atoms with Crippen LogP contribution in [0.2, 0.25) is 0 Å². The third-order valence-corrected chi connectivity index (χ3v) is 4.57. The van der Waals surface area contributed by atoms with Crippen LogP contribution in [0.3, 0.4) is 0 Å². The Balaban J connectivity index is 2.05. The molecule has 1 amide bonds. The Bertz CT molecular complexity index is 764. The van der Waals surface area contributed by atoms with Crippen molar-refractivity contribution in [3.05, 3.63) is 83.0 Å². The fourth-order valence-corrected chi connectivity index (χ4v) is 2.86. The van der Waals surface area contributed by atoms with Gasteiger partial charge in [0.1, 0.15) is 0 Å². The summed E-state index contributed by atoms with van der Waals surface area (Å²) in [5, 5.41) is 13.5. The molecule has 1 rings (SSSR count). The van der Waals surface area contributed by atoms with Crippen molar-refractivity contribution in [3.8, 4) is 0 Å². The summed E-state index contributed by atoms with van der Waals surface area (Å²) in [4.78, 5) is 22.2. The zero-order chi connectivity index (χ0) is 22.6. The summed E-state index contributed by atoms with van der Waals surface area (Å²) in [6.45, 7) is 2.23. The molecule has 0 aliphatic carbocycles. The number of nitrogens with one attached hydrogen (secondary N) is 1. The summed E-state index contributed by atoms with van der Waals surface area (Å²) in [5.74, 6) is -0.128. The maximum Gasteiger partial charge on any atom is 0.271 e. The highest BCUT2D eigenvalue weighted by atomic mass is 16.6. The van der Waals surface area contributed by atoms with Crippen molar-refractivity contribution in [1.29, 1.82) is 0 Å². The van der Waals surface area contributed by atoms with E-state index in [4.69, 9.17) is 0 Å². The highest BCUT2D eigenvalue weighted by molar-refractivity contribution is 5.90. The van der Waals surface area contributed by atoms with Crippen LogP contribution in [0, 0.1) is 10.1 Å². The highest BCUT2D eigenvalue weighted by Gasteiger charge is 2.07. The van der Waals surface area contributed by atoms with Crippen molar-refractivity contribution in [3.63, 3.8) is 0 Å². The van der Waals surface area contributed by atoms with Crippen molar-refractivity contribution in [2.45, 2.75) is 71.1 Å². The van der Waals surface area contributed by atoms with E-state index in [1.54, 1.807) is 12.1 Å². The predicted molar refractivity (Wildman–Crippen MR) is 130 cm³/mol. The number of hydrogen-bond acceptors (Lipinski definition) is 3. The number of allylic oxidation sites excluding steroid dienone is 8. The van der Waals surface area contributed by atoms with Crippen LogP contribution in [0.1, 0.15) is 71.1 Å². The monoisotopic (exact) mass is 424 g/mol. The number of non-ortho nitro benzene ring substituents is 1. The van der Waals surface area contributed by atoms with E-state index in [1.165, 1.54) is 37.8 Å². The van der Waals surface area contributed by atoms with Crippen LogP contribution >= 0.6 is 0 Å². The summed E-state index contributed by atoms with van der Waals surface area (Å²) in [5.41, 5.74) is 0.427. The van der Waals surface area contributed by atoms with Gasteiger partial charge in [-0.15, -0.1) is 0 Å². The molecule has 0 aliphatic rings. The SMILES string of the molecule is CCCCC/C=C/C/C=C/C/C=C/C/C=C/CCCC(=O)Nc1cccc([N+](=O)[O-])c1. The first-order chi connectivity index (χ1) is 15.1. The van der Waals surface area contributed by atoms with E-state index in [2.05, 4.69) is 60.8 Å². The molecule has 1 N–H and O–H groups in total. The van der Waals surface area contributed by atoms with Crippen LogP contribution in [-0.4, -0.2) is 10.8 Å². The molecule has 168 valence electrons. The van der Waals surface area contributed by atoms with Crippen molar-refractivity contribution in [2.24, 2.45) is 0 Å². The van der Waals surface area contributed by atoms with E-state index in [-0.39, 0.29) is 11.6 Å². The van der Waals surface area contributed by atoms with Gasteiger partial charge in [-0.2, -0.15) is 0 Å². The number of benzene rings is 1. The van der Waals surface area contributed by atoms with Gasteiger partial charge in [-0.25, -0.2) is 0 Å². The number of carbonyl (C=O) groups excluding carboxylic acids is 1. The van der Waals surface area contributed by atoms with Gasteiger partial charge < -0.3 is 5.32 Å². The van der Waals surface area contributed by atoms with Gasteiger partial charge in [0.05, 0.1) is 4.92 Å². The van der Waals surface area contributed by atoms with Crippen LogP contribution in [0.25, 0.3) is 0 Å². The van der Waals surface area contributed by atoms with Crippen molar-refractivity contribution in [2.75, 3.05) is 5.32 Å². The van der Waals surface area contributed by atoms with E-state index >= 15 is 0 Å². The number of nitro groups is 1. The first-order valence-electron chi connectivity index (χ1n) is 11.3. The zero-order valence-electron chi connectivity index (χ0n) is 18.7. The molecule has 0 atom stereocenters. The zero-order valence-corrected chi connectivity index (χ0v) is 18.7. The maximum absolute atomic E-state index is 11.9. The Kier molecular flexibility index (Phi) is 15.0. The number of hydrogen-bond donors (Lipinski definition) is 1. The Morgan fingerprint density at radius 2 is 1.48 bits per heavy atom. The van der Waals surface area contributed by atoms with Gasteiger partial charge in [-0.3, -0.25) is 14.9 Å². The number of nitro benzene ring substituents is 1. The average Bonchev–Trinajstić information content (AvgIpc) is 2.76. The Hall–Kier alpha value is -2.95. The lowest BCUT2D eigenvalue weighted by atomic mass is 10.2. The molecular weight excluding hydrogens is 388 g/mol. The van der Waals surface area contributed by atoms with Crippen molar-refractivity contribution < 1.29 is 9.72 Å². The van der Waals surface area contributed by atoms with Crippen molar-refractivity contribution >= 4 is 17.3 Å². The number of nitrogens with zero attached hydrogens (tertiary/aromatic N) is 1. The van der Waals surface area contributed by atoms with Gasteiger partial charge in [0.15, 0.2) is 0 Å². The third kappa shape index (κ3) is 14.6. The minimum absolute atomic E-state index is 0.0288. The fourth-order valence-electron chi connectivity index (χ4n) is 2.86. The van der Waals surface area contributed by atoms with E-state index in [1.807, 2.05) is 0 Å². The number of anilines is 1. The number of carbonyl (C=O) groups is 1. The smallest absolute Gasteiger partial charge is 0.271 e. The summed E-state index contributed by atoms with van der Waals surface area (Å²) < 4.78 is 0. The predicted octanol–water partition coefficient (Wildman–Crippen LogP) is 7.68. The lowest BCUT2D eigenvalue weighted by molar-refractivity contribution is -0.384. The molecule has 0 aromatic heterocycles. The summed E-state index contributed by atoms with van der Waals surface area (Å²) >= 11 is 0. The van der Waals surface area contributed by atoms with Crippen LogP contribution in [-0.2, 0) is 4.79 Å². The minimum Gasteiger partial charge on any atom is -0.326 e. The molecule has 0 spiro atoms. The first-order valence-corrected chi connectivity index (χ1v) is 11.3. The quantitative estimate of drug-likeness (QED) is 0.128. The topological polar surface area (TPSA) is 72.2 Å². The number of rotatable bonds is 16. The van der Waals surface area contributed by atoms with Crippen molar-refractivity contribution in [1.82, 2.24) is 0 Å². The molecule has 0 aliphatic heterocycles. The first kappa shape index (κ1) is 26.1. The largest absolute Gasteiger partial charge is 0.326 e. The second-order valence-corrected chi connectivity index (χ2v) is 7.34. The van der Waals surface area contributed by atoms with Gasteiger partial charge in [0, 0.05) is 24.2 Å². The molecule has 5 nitrogen and oxygen atoms in total. The molecule has 0 saturated carbocycles. The molecular formula is C26H36N2O3. The van der Waals surface area contributed by atoms with Crippen LogP contribution in [0.4, 0.5) is 11.4 Å². The number of amides is 1. The highest BCUT2D eigenvalue weighted by Crippen LogP contribution is 2.17. The normalized spacial score (nSPS) is 11.9. The number of unbranched alkanes of at least 4 members (excludes halogenated alkanes) is 4. The Labute approximate surface area is 186 Å². The van der Waals surface area contributed by atoms with E-state index in [0.717, 1.165) is 32.1 Å². The maximum atomic E-state index is 11.9. The summed E-state index contributed by atoms with van der Waals surface area (Å²) in [6, 6.07) is 5.98. The lowest BCUT2D eigenvalue weighted by Crippen LogP contribution is -2.11. The van der Waals surface area contributed by atoms with Gasteiger partial charge in [-0.1, -0.05) is 74.4 Å². The van der Waals surface area contributed by atoms with Crippen LogP contribution in [0.15, 0.2) is 72.9 Å². The molecule has 0 radical (unpaired) electrons. The standard InChI is InChI=1S/C26H36N2O3/c1-2-3-4-5-6-7-8-9-10-11-12-13-14-15-16-17-18-22-26(29)27-24-20-19-21-25(23-24)28(30)31/h6-7,9-10,12-13,15-16,19-21,23H,2-5,8,11,14,17-18,22H2,1H3,(H,27,29)/b7-6+,10-9+,13-12+,16-15+. The average molecular weight is 425 g/mol. The summed E-state index contributed by atoms with van der Waals surface area (Å²) in [7, 11) is 0. The van der Waals surface area contributed by atoms with E-state index in [0.29, 0.717) is 12.1 Å². The van der Waals surface area contributed by atoms with Gasteiger partial charge in [-0.05, 0) is 51.0 Å². The molecule has 0 saturated heterocycles. The van der Waals surface area contributed by atoms with Crippen LogP contribution < -0.4 is 5.32 Å². The molecule has 0 heterocycles. The van der Waals surface area contributed by atoms with Gasteiger partial charge in [0.2, 0.25) is 5.91 Å². The van der Waals surface area contributed by atoms with E-state index in [9.17, 15) is 14.9 Å². The van der Waals surface area contributed by atoms with Crippen LogP contribution in [0.5, 0.6) is 0 Å². The fraction of sp³-hybridized carbons (Fsp3) is 0.423. The molecule has 0 bridgehead atoms. The Morgan fingerprint density at radius 1 is 0.903 bits per heavy atom. The molecule has 1 aromatic rings. The lowest BCUT2D eigenvalue weighted by Gasteiger charge is -2.04. The molecule has 31 heavy (non-hydrogen) atoms. The second-order valence-electron chi connectivity index (χ2n) is 7.34. The molecule has 1 aromatic carbocycles. The molecule has 5 heteroatoms. The van der Waals surface area contributed by atoms with Gasteiger partial charge in [0.25, 0.3) is 5.69 Å². The Morgan fingerprint density at radius 3 is 2.06 bits per heavy atom. The van der Waals surface area contributed by atoms with Gasteiger partial charge >= 0.3 is 0 Å². The van der Waals surface area contributed by atoms with E-state index < -0.39 is 4.92 Å².